The van der Waals surface area contributed by atoms with Crippen molar-refractivity contribution in [3.05, 3.63) is 22.2 Å². The number of Topliss-reactive ketones (excluding diaryl/α,β-unsaturated/α-hetero) is 1. The number of halogens is 1. The Morgan fingerprint density at radius 2 is 2.00 bits per heavy atom. The summed E-state index contributed by atoms with van der Waals surface area (Å²) < 4.78 is 4.97. The fraction of sp³-hybridized carbons (Fsp3) is 0.111. The highest BCUT2D eigenvalue weighted by molar-refractivity contribution is 9.10. The Labute approximate surface area is 93.4 Å². The van der Waals surface area contributed by atoms with Gasteiger partial charge >= 0.3 is 5.97 Å². The molecule has 0 spiro atoms. The molecule has 0 atom stereocenters. The van der Waals surface area contributed by atoms with Gasteiger partial charge in [0.1, 0.15) is 0 Å². The van der Waals surface area contributed by atoms with Crippen LogP contribution in [0.1, 0.15) is 10.4 Å². The summed E-state index contributed by atoms with van der Waals surface area (Å²) in [4.78, 5) is 21.5. The third kappa shape index (κ3) is 2.27. The number of aliphatic carboxylic acids is 1. The molecule has 0 saturated carbocycles. The van der Waals surface area contributed by atoms with E-state index in [1.54, 1.807) is 0 Å². The largest absolute Gasteiger partial charge is 0.503 e. The molecule has 0 aliphatic carbocycles. The predicted molar refractivity (Wildman–Crippen MR) is 54.3 cm³/mol. The van der Waals surface area contributed by atoms with E-state index in [2.05, 4.69) is 15.9 Å². The van der Waals surface area contributed by atoms with Crippen molar-refractivity contribution in [2.45, 2.75) is 0 Å². The van der Waals surface area contributed by atoms with Crippen LogP contribution in [-0.2, 0) is 4.79 Å². The molecule has 0 fully saturated rings. The molecule has 0 bridgehead atoms. The van der Waals surface area contributed by atoms with Crippen LogP contribution in [0.15, 0.2) is 16.6 Å². The lowest BCUT2D eigenvalue weighted by atomic mass is 10.1. The quantitative estimate of drug-likeness (QED) is 0.644. The Kier molecular flexibility index (Phi) is 3.31. The van der Waals surface area contributed by atoms with E-state index in [4.69, 9.17) is 9.84 Å². The smallest absolute Gasteiger partial charge is 0.377 e. The average molecular weight is 275 g/mol. The number of hydrogen-bond acceptors (Lipinski definition) is 4. The second-order valence-electron chi connectivity index (χ2n) is 2.64. The first-order valence-corrected chi connectivity index (χ1v) is 4.60. The maximum absolute atomic E-state index is 11.1. The first-order chi connectivity index (χ1) is 6.97. The number of phenolic OH excluding ortho intramolecular Hbond substituents is 1. The first kappa shape index (κ1) is 11.5. The molecular formula is C9H7BrO5. The van der Waals surface area contributed by atoms with E-state index < -0.39 is 11.8 Å². The summed E-state index contributed by atoms with van der Waals surface area (Å²) in [6, 6.07) is 2.38. The molecule has 0 aliphatic heterocycles. The summed E-state index contributed by atoms with van der Waals surface area (Å²) in [7, 11) is 1.30. The summed E-state index contributed by atoms with van der Waals surface area (Å²) in [6.07, 6.45) is 0. The van der Waals surface area contributed by atoms with Crippen LogP contribution >= 0.6 is 15.9 Å². The number of ketones is 1. The summed E-state index contributed by atoms with van der Waals surface area (Å²) in [5, 5.41) is 17.9. The van der Waals surface area contributed by atoms with Gasteiger partial charge in [-0.05, 0) is 28.1 Å². The second kappa shape index (κ2) is 4.31. The van der Waals surface area contributed by atoms with Gasteiger partial charge in [0.2, 0.25) is 0 Å². The zero-order valence-electron chi connectivity index (χ0n) is 7.65. The fourth-order valence-corrected chi connectivity index (χ4v) is 1.43. The maximum Gasteiger partial charge on any atom is 0.377 e. The average Bonchev–Trinajstić information content (AvgIpc) is 2.20. The summed E-state index contributed by atoms with van der Waals surface area (Å²) >= 11 is 2.98. The highest BCUT2D eigenvalue weighted by Crippen LogP contribution is 2.35. The van der Waals surface area contributed by atoms with E-state index in [-0.39, 0.29) is 21.5 Å². The molecule has 2 N–H and O–H groups in total. The van der Waals surface area contributed by atoms with Crippen molar-refractivity contribution >= 4 is 27.7 Å². The minimum atomic E-state index is -1.56. The molecule has 0 aromatic heterocycles. The number of hydrogen-bond donors (Lipinski definition) is 2. The van der Waals surface area contributed by atoms with Gasteiger partial charge < -0.3 is 14.9 Å². The van der Waals surface area contributed by atoms with E-state index in [1.807, 2.05) is 0 Å². The van der Waals surface area contributed by atoms with Crippen LogP contribution in [0.3, 0.4) is 0 Å². The molecule has 5 nitrogen and oxygen atoms in total. The number of ether oxygens (including phenoxy) is 1. The maximum atomic E-state index is 11.1. The van der Waals surface area contributed by atoms with Gasteiger partial charge in [0, 0.05) is 5.56 Å². The monoisotopic (exact) mass is 274 g/mol. The lowest BCUT2D eigenvalue weighted by Gasteiger charge is -2.06. The second-order valence-corrected chi connectivity index (χ2v) is 3.50. The SMILES string of the molecule is COc1cc(C(=O)C(=O)O)cc(Br)c1O. The minimum Gasteiger partial charge on any atom is -0.503 e. The van der Waals surface area contributed by atoms with Crippen molar-refractivity contribution in [2.75, 3.05) is 7.11 Å². The molecule has 0 amide bonds. The molecular weight excluding hydrogens is 268 g/mol. The van der Waals surface area contributed by atoms with Crippen LogP contribution < -0.4 is 4.74 Å². The summed E-state index contributed by atoms with van der Waals surface area (Å²) in [5.74, 6) is -2.77. The van der Waals surface area contributed by atoms with Gasteiger partial charge in [-0.1, -0.05) is 0 Å². The number of carboxylic acid groups (broad SMARTS) is 1. The molecule has 1 rings (SSSR count). The lowest BCUT2D eigenvalue weighted by molar-refractivity contribution is -0.131. The highest BCUT2D eigenvalue weighted by atomic mass is 79.9. The topological polar surface area (TPSA) is 83.8 Å². The van der Waals surface area contributed by atoms with E-state index in [0.29, 0.717) is 0 Å². The Morgan fingerprint density at radius 1 is 1.40 bits per heavy atom. The Morgan fingerprint density at radius 3 is 2.47 bits per heavy atom. The molecule has 0 aliphatic rings. The van der Waals surface area contributed by atoms with Crippen LogP contribution in [0.2, 0.25) is 0 Å². The fourth-order valence-electron chi connectivity index (χ4n) is 0.984. The van der Waals surface area contributed by atoms with Gasteiger partial charge in [0.25, 0.3) is 5.78 Å². The van der Waals surface area contributed by atoms with Crippen molar-refractivity contribution in [3.8, 4) is 11.5 Å². The van der Waals surface area contributed by atoms with Crippen molar-refractivity contribution in [3.63, 3.8) is 0 Å². The third-order valence-electron chi connectivity index (χ3n) is 1.70. The molecule has 0 unspecified atom stereocenters. The van der Waals surface area contributed by atoms with Gasteiger partial charge in [-0.3, -0.25) is 4.79 Å². The molecule has 80 valence electrons. The third-order valence-corrected chi connectivity index (χ3v) is 2.31. The van der Waals surface area contributed by atoms with Gasteiger partial charge in [0.15, 0.2) is 11.5 Å². The van der Waals surface area contributed by atoms with Gasteiger partial charge in [0.05, 0.1) is 11.6 Å². The number of carboxylic acids is 1. The summed E-state index contributed by atoms with van der Waals surface area (Å²) in [5.41, 5.74) is -0.0657. The molecule has 0 saturated heterocycles. The van der Waals surface area contributed by atoms with Crippen molar-refractivity contribution in [1.29, 1.82) is 0 Å². The number of methoxy groups -OCH3 is 1. The molecule has 1 aromatic carbocycles. The number of aromatic hydroxyl groups is 1. The minimum absolute atomic E-state index is 0.0361. The molecule has 15 heavy (non-hydrogen) atoms. The Bertz CT molecular complexity index is 427. The van der Waals surface area contributed by atoms with E-state index in [0.717, 1.165) is 6.07 Å². The zero-order valence-corrected chi connectivity index (χ0v) is 9.24. The van der Waals surface area contributed by atoms with Crippen LogP contribution in [0, 0.1) is 0 Å². The molecule has 1 aromatic rings. The van der Waals surface area contributed by atoms with E-state index >= 15 is 0 Å². The summed E-state index contributed by atoms with van der Waals surface area (Å²) in [6.45, 7) is 0. The van der Waals surface area contributed by atoms with E-state index in [1.165, 1.54) is 13.2 Å². The van der Waals surface area contributed by atoms with E-state index in [9.17, 15) is 14.7 Å². The van der Waals surface area contributed by atoms with Crippen molar-refractivity contribution < 1.29 is 24.5 Å². The van der Waals surface area contributed by atoms with Crippen LogP contribution in [0.4, 0.5) is 0 Å². The predicted octanol–water partition coefficient (Wildman–Crippen LogP) is 1.43. The van der Waals surface area contributed by atoms with Crippen LogP contribution in [-0.4, -0.2) is 29.1 Å². The van der Waals surface area contributed by atoms with Crippen molar-refractivity contribution in [2.24, 2.45) is 0 Å². The van der Waals surface area contributed by atoms with Crippen LogP contribution in [0.5, 0.6) is 11.5 Å². The number of carbonyl (C=O) groups excluding carboxylic acids is 1. The molecule has 0 heterocycles. The normalized spacial score (nSPS) is 9.73. The molecule has 6 heteroatoms. The van der Waals surface area contributed by atoms with Gasteiger partial charge in [-0.2, -0.15) is 0 Å². The number of phenols is 1. The zero-order chi connectivity index (χ0) is 11.6. The number of rotatable bonds is 3. The number of carbonyl (C=O) groups is 2. The van der Waals surface area contributed by atoms with Gasteiger partial charge in [-0.25, -0.2) is 4.79 Å². The first-order valence-electron chi connectivity index (χ1n) is 3.81. The molecule has 0 radical (unpaired) electrons. The van der Waals surface area contributed by atoms with Gasteiger partial charge in [-0.15, -0.1) is 0 Å². The standard InChI is InChI=1S/C9H7BrO5/c1-15-6-3-4(7(11)9(13)14)2-5(10)8(6)12/h2-3,12H,1H3,(H,13,14). The van der Waals surface area contributed by atoms with Crippen molar-refractivity contribution in [1.82, 2.24) is 0 Å². The Balaban J connectivity index is 3.28. The van der Waals surface area contributed by atoms with Crippen LogP contribution in [0.25, 0.3) is 0 Å². The Hall–Kier alpha value is -1.56. The lowest BCUT2D eigenvalue weighted by Crippen LogP contribution is -2.12. The highest BCUT2D eigenvalue weighted by Gasteiger charge is 2.18. The number of benzene rings is 1.